The first kappa shape index (κ1) is 17.2. The fourth-order valence-corrected chi connectivity index (χ4v) is 3.67. The fraction of sp³-hybridized carbons (Fsp3) is 0.333. The summed E-state index contributed by atoms with van der Waals surface area (Å²) in [6, 6.07) is 9.76. The van der Waals surface area contributed by atoms with Crippen LogP contribution in [0.25, 0.3) is 0 Å². The quantitative estimate of drug-likeness (QED) is 0.908. The summed E-state index contributed by atoms with van der Waals surface area (Å²) in [6.07, 6.45) is 1.52. The highest BCUT2D eigenvalue weighted by Gasteiger charge is 2.23. The van der Waals surface area contributed by atoms with E-state index in [0.717, 1.165) is 52.2 Å². The maximum atomic E-state index is 12.7. The van der Waals surface area contributed by atoms with Crippen LogP contribution in [0.15, 0.2) is 30.3 Å². The Bertz CT molecular complexity index is 832. The van der Waals surface area contributed by atoms with Crippen molar-refractivity contribution in [1.82, 2.24) is 0 Å². The molecule has 3 rings (SSSR count). The minimum atomic E-state index is -0.0978. The van der Waals surface area contributed by atoms with Gasteiger partial charge in [-0.05, 0) is 69.0 Å². The molecule has 4 heteroatoms. The number of benzene rings is 2. The Morgan fingerprint density at radius 3 is 2.24 bits per heavy atom. The zero-order chi connectivity index (χ0) is 18.1. The molecule has 25 heavy (non-hydrogen) atoms. The van der Waals surface area contributed by atoms with Gasteiger partial charge in [0, 0.05) is 29.9 Å². The Kier molecular flexibility index (Phi) is 4.62. The molecule has 0 radical (unpaired) electrons. The largest absolute Gasteiger partial charge is 0.322 e. The second-order valence-electron chi connectivity index (χ2n) is 6.88. The molecule has 2 amide bonds. The summed E-state index contributed by atoms with van der Waals surface area (Å²) >= 11 is 0. The molecule has 2 aromatic carbocycles. The van der Waals surface area contributed by atoms with Crippen molar-refractivity contribution < 1.29 is 9.59 Å². The molecule has 4 nitrogen and oxygen atoms in total. The number of anilines is 2. The van der Waals surface area contributed by atoms with E-state index in [2.05, 4.69) is 5.32 Å². The Morgan fingerprint density at radius 1 is 1.00 bits per heavy atom. The average Bonchev–Trinajstić information content (AvgIpc) is 2.92. The maximum absolute atomic E-state index is 12.7. The van der Waals surface area contributed by atoms with Gasteiger partial charge in [0.1, 0.15) is 0 Å². The number of nitrogens with one attached hydrogen (secondary N) is 1. The lowest BCUT2D eigenvalue weighted by Gasteiger charge is -2.19. The van der Waals surface area contributed by atoms with Crippen molar-refractivity contribution >= 4 is 23.2 Å². The van der Waals surface area contributed by atoms with Gasteiger partial charge in [-0.15, -0.1) is 0 Å². The number of rotatable bonds is 3. The SMILES string of the molecule is Cc1cc(C)c(C(=O)Nc2ccc(N3CCCC3=O)c(C)c2)c(C)c1. The molecule has 0 saturated carbocycles. The average molecular weight is 336 g/mol. The monoisotopic (exact) mass is 336 g/mol. The molecule has 1 aliphatic heterocycles. The van der Waals surface area contributed by atoms with Gasteiger partial charge in [-0.3, -0.25) is 9.59 Å². The second kappa shape index (κ2) is 6.71. The molecule has 1 N–H and O–H groups in total. The lowest BCUT2D eigenvalue weighted by molar-refractivity contribution is -0.117. The van der Waals surface area contributed by atoms with Crippen LogP contribution in [0.2, 0.25) is 0 Å². The molecule has 0 unspecified atom stereocenters. The van der Waals surface area contributed by atoms with Crippen molar-refractivity contribution in [2.45, 2.75) is 40.5 Å². The predicted molar refractivity (Wildman–Crippen MR) is 101 cm³/mol. The van der Waals surface area contributed by atoms with Crippen LogP contribution in [-0.4, -0.2) is 18.4 Å². The van der Waals surface area contributed by atoms with Crippen LogP contribution in [0.1, 0.15) is 45.5 Å². The van der Waals surface area contributed by atoms with Gasteiger partial charge >= 0.3 is 0 Å². The van der Waals surface area contributed by atoms with Gasteiger partial charge in [0.2, 0.25) is 5.91 Å². The van der Waals surface area contributed by atoms with Crippen LogP contribution in [0.5, 0.6) is 0 Å². The highest BCUT2D eigenvalue weighted by atomic mass is 16.2. The number of aryl methyl sites for hydroxylation is 4. The Labute approximate surface area is 148 Å². The third-order valence-corrected chi connectivity index (χ3v) is 4.72. The van der Waals surface area contributed by atoms with Crippen molar-refractivity contribution in [1.29, 1.82) is 0 Å². The first-order valence-electron chi connectivity index (χ1n) is 8.67. The summed E-state index contributed by atoms with van der Waals surface area (Å²) in [7, 11) is 0. The number of amides is 2. The van der Waals surface area contributed by atoms with Gasteiger partial charge in [0.05, 0.1) is 0 Å². The van der Waals surface area contributed by atoms with Crippen LogP contribution >= 0.6 is 0 Å². The second-order valence-corrected chi connectivity index (χ2v) is 6.88. The van der Waals surface area contributed by atoms with E-state index in [0.29, 0.717) is 6.42 Å². The van der Waals surface area contributed by atoms with Crippen LogP contribution in [0.3, 0.4) is 0 Å². The number of carbonyl (C=O) groups is 2. The molecule has 130 valence electrons. The van der Waals surface area contributed by atoms with E-state index in [4.69, 9.17) is 0 Å². The lowest BCUT2D eigenvalue weighted by Crippen LogP contribution is -2.24. The molecule has 0 spiro atoms. The van der Waals surface area contributed by atoms with E-state index >= 15 is 0 Å². The fourth-order valence-electron chi connectivity index (χ4n) is 3.67. The van der Waals surface area contributed by atoms with Crippen LogP contribution in [0, 0.1) is 27.7 Å². The Morgan fingerprint density at radius 2 is 1.68 bits per heavy atom. The van der Waals surface area contributed by atoms with Crippen LogP contribution in [-0.2, 0) is 4.79 Å². The summed E-state index contributed by atoms with van der Waals surface area (Å²) in [5.74, 6) is 0.0742. The third kappa shape index (κ3) is 3.43. The van der Waals surface area contributed by atoms with Gasteiger partial charge in [0.25, 0.3) is 5.91 Å². The Hall–Kier alpha value is -2.62. The lowest BCUT2D eigenvalue weighted by atomic mass is 9.99. The van der Waals surface area contributed by atoms with Crippen molar-refractivity contribution in [2.75, 3.05) is 16.8 Å². The summed E-state index contributed by atoms with van der Waals surface area (Å²) in [5, 5.41) is 2.99. The van der Waals surface area contributed by atoms with Crippen molar-refractivity contribution in [3.8, 4) is 0 Å². The summed E-state index contributed by atoms with van der Waals surface area (Å²) in [4.78, 5) is 26.5. The molecule has 0 bridgehead atoms. The minimum absolute atomic E-state index is 0.0978. The molecule has 1 fully saturated rings. The molecule has 0 atom stereocenters. The first-order valence-corrected chi connectivity index (χ1v) is 8.67. The van der Waals surface area contributed by atoms with Gasteiger partial charge in [-0.25, -0.2) is 0 Å². The highest BCUT2D eigenvalue weighted by molar-refractivity contribution is 6.06. The summed E-state index contributed by atoms with van der Waals surface area (Å²) in [6.45, 7) is 8.69. The molecule has 2 aromatic rings. The summed E-state index contributed by atoms with van der Waals surface area (Å²) < 4.78 is 0. The van der Waals surface area contributed by atoms with Crippen molar-refractivity contribution in [2.24, 2.45) is 0 Å². The predicted octanol–water partition coefficient (Wildman–Crippen LogP) is 4.30. The van der Waals surface area contributed by atoms with E-state index in [9.17, 15) is 9.59 Å². The van der Waals surface area contributed by atoms with Gasteiger partial charge in [-0.2, -0.15) is 0 Å². The molecule has 1 saturated heterocycles. The molecule has 1 heterocycles. The normalized spacial score (nSPS) is 14.1. The molecular weight excluding hydrogens is 312 g/mol. The highest BCUT2D eigenvalue weighted by Crippen LogP contribution is 2.28. The van der Waals surface area contributed by atoms with E-state index in [-0.39, 0.29) is 11.8 Å². The number of carbonyl (C=O) groups excluding carboxylic acids is 2. The molecule has 0 aliphatic carbocycles. The Balaban J connectivity index is 1.83. The maximum Gasteiger partial charge on any atom is 0.256 e. The molecular formula is C21H24N2O2. The zero-order valence-electron chi connectivity index (χ0n) is 15.3. The van der Waals surface area contributed by atoms with Crippen LogP contribution < -0.4 is 10.2 Å². The van der Waals surface area contributed by atoms with Gasteiger partial charge in [0.15, 0.2) is 0 Å². The number of hydrogen-bond acceptors (Lipinski definition) is 2. The topological polar surface area (TPSA) is 49.4 Å². The first-order chi connectivity index (χ1) is 11.9. The van der Waals surface area contributed by atoms with Gasteiger partial charge < -0.3 is 10.2 Å². The van der Waals surface area contributed by atoms with Crippen molar-refractivity contribution in [3.63, 3.8) is 0 Å². The van der Waals surface area contributed by atoms with E-state index in [1.807, 2.05) is 62.9 Å². The van der Waals surface area contributed by atoms with Crippen LogP contribution in [0.4, 0.5) is 11.4 Å². The van der Waals surface area contributed by atoms with Gasteiger partial charge in [-0.1, -0.05) is 17.7 Å². The molecule has 0 aromatic heterocycles. The third-order valence-electron chi connectivity index (χ3n) is 4.72. The zero-order valence-corrected chi connectivity index (χ0v) is 15.3. The summed E-state index contributed by atoms with van der Waals surface area (Å²) in [5.41, 5.74) is 6.51. The standard InChI is InChI=1S/C21H24N2O2/c1-13-10-15(3)20(16(4)11-13)21(25)22-17-7-8-18(14(2)12-17)23-9-5-6-19(23)24/h7-8,10-12H,5-6,9H2,1-4H3,(H,22,25). The molecule has 1 aliphatic rings. The van der Waals surface area contributed by atoms with E-state index < -0.39 is 0 Å². The number of hydrogen-bond donors (Lipinski definition) is 1. The minimum Gasteiger partial charge on any atom is -0.322 e. The van der Waals surface area contributed by atoms with Crippen molar-refractivity contribution in [3.05, 3.63) is 58.1 Å². The smallest absolute Gasteiger partial charge is 0.256 e. The number of nitrogens with zero attached hydrogens (tertiary/aromatic N) is 1. The van der Waals surface area contributed by atoms with E-state index in [1.54, 1.807) is 0 Å². The van der Waals surface area contributed by atoms with E-state index in [1.165, 1.54) is 0 Å².